The van der Waals surface area contributed by atoms with Crippen LogP contribution in [-0.2, 0) is 20.1 Å². The highest BCUT2D eigenvalue weighted by Gasteiger charge is 2.30. The van der Waals surface area contributed by atoms with Crippen molar-refractivity contribution in [2.75, 3.05) is 5.01 Å². The summed E-state index contributed by atoms with van der Waals surface area (Å²) in [5.74, 6) is 0.578. The Balaban J connectivity index is 1.95. The van der Waals surface area contributed by atoms with E-state index in [9.17, 15) is 9.59 Å². The molecule has 3 heterocycles. The Kier molecular flexibility index (Phi) is 4.21. The average molecular weight is 380 g/mol. The van der Waals surface area contributed by atoms with E-state index in [0.717, 1.165) is 11.3 Å². The summed E-state index contributed by atoms with van der Waals surface area (Å²) in [6, 6.07) is 8.12. The lowest BCUT2D eigenvalue weighted by Crippen LogP contribution is -2.40. The number of hydrogen-bond donors (Lipinski definition) is 0. The molecule has 0 unspecified atom stereocenters. The number of aromatic nitrogens is 4. The van der Waals surface area contributed by atoms with Crippen LogP contribution in [0.25, 0.3) is 11.2 Å². The monoisotopic (exact) mass is 380 g/mol. The fraction of sp³-hybridized carbons (Fsp3) is 0.400. The van der Waals surface area contributed by atoms with Gasteiger partial charge in [-0.2, -0.15) is 10.1 Å². The molecule has 0 amide bonds. The van der Waals surface area contributed by atoms with E-state index in [4.69, 9.17) is 5.10 Å². The quantitative estimate of drug-likeness (QED) is 0.698. The van der Waals surface area contributed by atoms with Crippen molar-refractivity contribution in [1.29, 1.82) is 0 Å². The molecule has 0 saturated carbocycles. The van der Waals surface area contributed by atoms with Gasteiger partial charge >= 0.3 is 5.69 Å². The minimum atomic E-state index is -0.356. The van der Waals surface area contributed by atoms with E-state index in [0.29, 0.717) is 30.2 Å². The van der Waals surface area contributed by atoms with Gasteiger partial charge in [-0.15, -0.1) is 0 Å². The first kappa shape index (κ1) is 18.2. The van der Waals surface area contributed by atoms with Crippen molar-refractivity contribution >= 4 is 22.8 Å². The molecule has 0 aliphatic carbocycles. The van der Waals surface area contributed by atoms with E-state index in [1.54, 1.807) is 19.0 Å². The van der Waals surface area contributed by atoms with Gasteiger partial charge in [-0.1, -0.05) is 29.8 Å². The highest BCUT2D eigenvalue weighted by molar-refractivity contribution is 5.91. The van der Waals surface area contributed by atoms with Gasteiger partial charge in [-0.25, -0.2) is 9.80 Å². The third kappa shape index (κ3) is 2.59. The zero-order valence-electron chi connectivity index (χ0n) is 16.8. The highest BCUT2D eigenvalue weighted by Crippen LogP contribution is 2.30. The SMILES string of the molecule is CCn1c(=O)c2c(nc3n2[C@@H](C)C(C)=NN3Cc2ccc(C)cc2)n(C)c1=O. The second kappa shape index (κ2) is 6.47. The third-order valence-corrected chi connectivity index (χ3v) is 5.43. The van der Waals surface area contributed by atoms with Gasteiger partial charge in [-0.3, -0.25) is 18.5 Å². The van der Waals surface area contributed by atoms with Crippen LogP contribution in [0.2, 0.25) is 0 Å². The lowest BCUT2D eigenvalue weighted by molar-refractivity contribution is 0.618. The number of fused-ring (bicyclic) bond motifs is 3. The molecule has 0 N–H and O–H groups in total. The first-order chi connectivity index (χ1) is 13.3. The van der Waals surface area contributed by atoms with Crippen LogP contribution in [0.3, 0.4) is 0 Å². The Bertz CT molecular complexity index is 1210. The molecule has 0 saturated heterocycles. The van der Waals surface area contributed by atoms with Gasteiger partial charge in [0.25, 0.3) is 5.56 Å². The summed E-state index contributed by atoms with van der Waals surface area (Å²) in [7, 11) is 1.65. The number of nitrogens with zero attached hydrogens (tertiary/aromatic N) is 6. The molecule has 3 aromatic rings. The summed E-state index contributed by atoms with van der Waals surface area (Å²) in [6.45, 7) is 8.63. The van der Waals surface area contributed by atoms with E-state index in [1.807, 2.05) is 25.3 Å². The second-order valence-corrected chi connectivity index (χ2v) is 7.31. The fourth-order valence-electron chi connectivity index (χ4n) is 3.63. The number of hydrazone groups is 1. The van der Waals surface area contributed by atoms with E-state index >= 15 is 0 Å². The van der Waals surface area contributed by atoms with E-state index < -0.39 is 0 Å². The van der Waals surface area contributed by atoms with Crippen molar-refractivity contribution in [1.82, 2.24) is 18.7 Å². The van der Waals surface area contributed by atoms with E-state index in [1.165, 1.54) is 14.7 Å². The van der Waals surface area contributed by atoms with Crippen LogP contribution in [0.1, 0.15) is 37.9 Å². The smallest absolute Gasteiger partial charge is 0.294 e. The van der Waals surface area contributed by atoms with Crippen LogP contribution in [0.4, 0.5) is 5.95 Å². The molecule has 0 bridgehead atoms. The molecule has 0 spiro atoms. The largest absolute Gasteiger partial charge is 0.332 e. The Morgan fingerprint density at radius 2 is 1.79 bits per heavy atom. The summed E-state index contributed by atoms with van der Waals surface area (Å²) < 4.78 is 4.59. The lowest BCUT2D eigenvalue weighted by atomic mass is 10.1. The molecule has 0 radical (unpaired) electrons. The highest BCUT2D eigenvalue weighted by atomic mass is 16.2. The van der Waals surface area contributed by atoms with Crippen LogP contribution >= 0.6 is 0 Å². The zero-order chi connectivity index (χ0) is 20.2. The van der Waals surface area contributed by atoms with Crippen molar-refractivity contribution < 1.29 is 0 Å². The van der Waals surface area contributed by atoms with Gasteiger partial charge in [-0.05, 0) is 33.3 Å². The van der Waals surface area contributed by atoms with Crippen LogP contribution in [0.5, 0.6) is 0 Å². The maximum Gasteiger partial charge on any atom is 0.332 e. The Morgan fingerprint density at radius 1 is 1.11 bits per heavy atom. The molecule has 146 valence electrons. The fourth-order valence-corrected chi connectivity index (χ4v) is 3.63. The molecule has 1 aliphatic rings. The molecular weight excluding hydrogens is 356 g/mol. The molecule has 1 aliphatic heterocycles. The van der Waals surface area contributed by atoms with Crippen LogP contribution in [0, 0.1) is 6.92 Å². The topological polar surface area (TPSA) is 77.4 Å². The molecule has 8 nitrogen and oxygen atoms in total. The van der Waals surface area contributed by atoms with Crippen molar-refractivity contribution in [3.8, 4) is 0 Å². The van der Waals surface area contributed by atoms with E-state index in [-0.39, 0.29) is 17.3 Å². The van der Waals surface area contributed by atoms with E-state index in [2.05, 4.69) is 29.2 Å². The zero-order valence-corrected chi connectivity index (χ0v) is 16.8. The van der Waals surface area contributed by atoms with Gasteiger partial charge in [0.1, 0.15) is 0 Å². The van der Waals surface area contributed by atoms with Crippen LogP contribution < -0.4 is 16.3 Å². The normalized spacial score (nSPS) is 16.4. The number of hydrogen-bond acceptors (Lipinski definition) is 5. The van der Waals surface area contributed by atoms with Crippen molar-refractivity contribution in [2.24, 2.45) is 12.1 Å². The number of anilines is 1. The summed E-state index contributed by atoms with van der Waals surface area (Å²) >= 11 is 0. The van der Waals surface area contributed by atoms with Gasteiger partial charge in [0.15, 0.2) is 11.2 Å². The van der Waals surface area contributed by atoms with Crippen LogP contribution in [-0.4, -0.2) is 24.4 Å². The number of rotatable bonds is 3. The van der Waals surface area contributed by atoms with Gasteiger partial charge in [0.05, 0.1) is 18.3 Å². The lowest BCUT2D eigenvalue weighted by Gasteiger charge is -2.29. The van der Waals surface area contributed by atoms with Crippen molar-refractivity contribution in [2.45, 2.75) is 46.8 Å². The molecule has 2 aromatic heterocycles. The average Bonchev–Trinajstić information content (AvgIpc) is 3.08. The van der Waals surface area contributed by atoms with Gasteiger partial charge in [0, 0.05) is 13.6 Å². The number of benzene rings is 1. The maximum atomic E-state index is 13.1. The minimum Gasteiger partial charge on any atom is -0.294 e. The maximum absolute atomic E-state index is 13.1. The minimum absolute atomic E-state index is 0.121. The first-order valence-electron chi connectivity index (χ1n) is 9.43. The molecular formula is C20H24N6O2. The summed E-state index contributed by atoms with van der Waals surface area (Å²) in [4.78, 5) is 30.2. The predicted octanol–water partition coefficient (Wildman–Crippen LogP) is 2.18. The Hall–Kier alpha value is -3.16. The van der Waals surface area contributed by atoms with Gasteiger partial charge in [0.2, 0.25) is 5.95 Å². The summed E-state index contributed by atoms with van der Waals surface area (Å²) in [5, 5.41) is 6.52. The molecule has 1 aromatic carbocycles. The standard InChI is InChI=1S/C20H24N6O2/c1-6-24-18(27)16-17(23(5)20(24)28)21-19-25(22-13(3)14(4)26(16)19)11-15-9-7-12(2)8-10-15/h7-10,14H,6,11H2,1-5H3/t14-/m0/s1. The second-order valence-electron chi connectivity index (χ2n) is 7.31. The van der Waals surface area contributed by atoms with Crippen molar-refractivity contribution in [3.63, 3.8) is 0 Å². The predicted molar refractivity (Wildman–Crippen MR) is 110 cm³/mol. The Labute approximate surface area is 162 Å². The van der Waals surface area contributed by atoms with Crippen molar-refractivity contribution in [3.05, 3.63) is 56.2 Å². The molecule has 0 fully saturated rings. The Morgan fingerprint density at radius 3 is 2.43 bits per heavy atom. The number of imidazole rings is 1. The van der Waals surface area contributed by atoms with Gasteiger partial charge < -0.3 is 0 Å². The number of aryl methyl sites for hydroxylation is 2. The molecule has 28 heavy (non-hydrogen) atoms. The summed E-state index contributed by atoms with van der Waals surface area (Å²) in [5.41, 5.74) is 3.33. The first-order valence-corrected chi connectivity index (χ1v) is 9.43. The summed E-state index contributed by atoms with van der Waals surface area (Å²) in [6.07, 6.45) is 0. The molecule has 1 atom stereocenters. The van der Waals surface area contributed by atoms with Crippen LogP contribution in [0.15, 0.2) is 39.0 Å². The molecule has 4 rings (SSSR count). The molecule has 8 heteroatoms. The third-order valence-electron chi connectivity index (χ3n) is 5.43.